The first-order chi connectivity index (χ1) is 8.97. The van der Waals surface area contributed by atoms with Crippen molar-refractivity contribution in [1.29, 1.82) is 0 Å². The molecule has 5 heteroatoms. The quantitative estimate of drug-likeness (QED) is 0.852. The number of amides is 1. The molecular weight excluding hydrogens is 308 g/mol. The summed E-state index contributed by atoms with van der Waals surface area (Å²) in [6, 6.07) is 10.5. The van der Waals surface area contributed by atoms with Crippen molar-refractivity contribution in [3.05, 3.63) is 52.0 Å². The molecule has 0 unspecified atom stereocenters. The van der Waals surface area contributed by atoms with Crippen molar-refractivity contribution in [2.75, 3.05) is 5.73 Å². The minimum absolute atomic E-state index is 0.256. The first-order valence-electron chi connectivity index (χ1n) is 5.60. The summed E-state index contributed by atoms with van der Waals surface area (Å²) in [5.74, 6) is 0.626. The molecular formula is C14H13BrN2O2. The van der Waals surface area contributed by atoms with Crippen LogP contribution in [-0.2, 0) is 0 Å². The summed E-state index contributed by atoms with van der Waals surface area (Å²) in [5, 5.41) is 0. The Hall–Kier alpha value is -2.01. The number of ether oxygens (including phenoxy) is 1. The number of anilines is 1. The largest absolute Gasteiger partial charge is 0.457 e. The van der Waals surface area contributed by atoms with Crippen molar-refractivity contribution in [3.8, 4) is 11.5 Å². The molecule has 4 N–H and O–H groups in total. The molecule has 2 aromatic carbocycles. The van der Waals surface area contributed by atoms with E-state index in [0.29, 0.717) is 17.2 Å². The van der Waals surface area contributed by atoms with Gasteiger partial charge in [0.2, 0.25) is 0 Å². The van der Waals surface area contributed by atoms with Gasteiger partial charge in [-0.1, -0.05) is 15.9 Å². The molecule has 4 nitrogen and oxygen atoms in total. The molecule has 0 aliphatic heterocycles. The highest BCUT2D eigenvalue weighted by Gasteiger charge is 2.08. The molecule has 0 fully saturated rings. The van der Waals surface area contributed by atoms with Crippen molar-refractivity contribution in [1.82, 2.24) is 0 Å². The second kappa shape index (κ2) is 5.32. The molecule has 0 heterocycles. The second-order valence-corrected chi connectivity index (χ2v) is 4.98. The maximum Gasteiger partial charge on any atom is 0.250 e. The number of nitrogens with two attached hydrogens (primary N) is 2. The normalized spacial score (nSPS) is 10.2. The van der Waals surface area contributed by atoms with Crippen LogP contribution in [0.1, 0.15) is 15.9 Å². The number of hydrogen-bond acceptors (Lipinski definition) is 3. The average molecular weight is 321 g/mol. The van der Waals surface area contributed by atoms with Crippen LogP contribution in [0.15, 0.2) is 40.9 Å². The van der Waals surface area contributed by atoms with Crippen LogP contribution in [0.3, 0.4) is 0 Å². The van der Waals surface area contributed by atoms with Gasteiger partial charge >= 0.3 is 0 Å². The van der Waals surface area contributed by atoms with Crippen LogP contribution in [0, 0.1) is 6.92 Å². The van der Waals surface area contributed by atoms with Crippen LogP contribution >= 0.6 is 15.9 Å². The third-order valence-corrected chi connectivity index (χ3v) is 3.55. The molecule has 0 radical (unpaired) electrons. The van der Waals surface area contributed by atoms with E-state index in [2.05, 4.69) is 15.9 Å². The van der Waals surface area contributed by atoms with E-state index in [1.807, 2.05) is 25.1 Å². The van der Waals surface area contributed by atoms with Crippen LogP contribution in [0.4, 0.5) is 5.69 Å². The van der Waals surface area contributed by atoms with Crippen molar-refractivity contribution in [2.24, 2.45) is 5.73 Å². The van der Waals surface area contributed by atoms with E-state index < -0.39 is 5.91 Å². The monoisotopic (exact) mass is 320 g/mol. The Morgan fingerprint density at radius 3 is 2.42 bits per heavy atom. The third kappa shape index (κ3) is 3.06. The van der Waals surface area contributed by atoms with Gasteiger partial charge in [0.1, 0.15) is 11.5 Å². The van der Waals surface area contributed by atoms with E-state index in [0.717, 1.165) is 10.0 Å². The number of hydrogen-bond donors (Lipinski definition) is 2. The van der Waals surface area contributed by atoms with Gasteiger partial charge in [0, 0.05) is 10.2 Å². The molecule has 98 valence electrons. The number of aryl methyl sites for hydroxylation is 1. The first-order valence-corrected chi connectivity index (χ1v) is 6.40. The van der Waals surface area contributed by atoms with Gasteiger partial charge in [-0.05, 0) is 48.9 Å². The molecule has 0 spiro atoms. The van der Waals surface area contributed by atoms with Crippen molar-refractivity contribution in [2.45, 2.75) is 6.92 Å². The second-order valence-electron chi connectivity index (χ2n) is 4.13. The minimum atomic E-state index is -0.574. The topological polar surface area (TPSA) is 78.3 Å². The standard InChI is InChI=1S/C14H13BrN2O2/c1-8-6-9(2-4-12(8)15)19-10-3-5-13(16)11(7-10)14(17)18/h2-7H,16H2,1H3,(H2,17,18). The van der Waals surface area contributed by atoms with Crippen LogP contribution in [-0.4, -0.2) is 5.91 Å². The summed E-state index contributed by atoms with van der Waals surface area (Å²) in [7, 11) is 0. The zero-order chi connectivity index (χ0) is 14.0. The minimum Gasteiger partial charge on any atom is -0.457 e. The first kappa shape index (κ1) is 13.4. The Kier molecular flexibility index (Phi) is 3.76. The number of primary amides is 1. The lowest BCUT2D eigenvalue weighted by Gasteiger charge is -2.09. The number of halogens is 1. The summed E-state index contributed by atoms with van der Waals surface area (Å²) in [5.41, 5.74) is 12.6. The number of rotatable bonds is 3. The fourth-order valence-corrected chi connectivity index (χ4v) is 1.88. The number of carbonyl (C=O) groups is 1. The van der Waals surface area contributed by atoms with Crippen molar-refractivity contribution >= 4 is 27.5 Å². The third-order valence-electron chi connectivity index (χ3n) is 2.66. The summed E-state index contributed by atoms with van der Waals surface area (Å²) in [6.45, 7) is 1.97. The van der Waals surface area contributed by atoms with Crippen molar-refractivity contribution < 1.29 is 9.53 Å². The molecule has 0 aliphatic carbocycles. The van der Waals surface area contributed by atoms with Gasteiger partial charge in [-0.3, -0.25) is 4.79 Å². The highest BCUT2D eigenvalue weighted by atomic mass is 79.9. The number of carbonyl (C=O) groups excluding carboxylic acids is 1. The Morgan fingerprint density at radius 1 is 1.16 bits per heavy atom. The fraction of sp³-hybridized carbons (Fsp3) is 0.0714. The van der Waals surface area contributed by atoms with E-state index in [1.165, 1.54) is 6.07 Å². The Morgan fingerprint density at radius 2 is 1.79 bits per heavy atom. The highest BCUT2D eigenvalue weighted by molar-refractivity contribution is 9.10. The molecule has 0 aliphatic rings. The van der Waals surface area contributed by atoms with Crippen LogP contribution in [0.25, 0.3) is 0 Å². The van der Waals surface area contributed by atoms with E-state index in [1.54, 1.807) is 12.1 Å². The SMILES string of the molecule is Cc1cc(Oc2ccc(N)c(C(N)=O)c2)ccc1Br. The predicted octanol–water partition coefficient (Wildman–Crippen LogP) is 3.23. The maximum absolute atomic E-state index is 11.2. The molecule has 1 amide bonds. The van der Waals surface area contributed by atoms with Crippen LogP contribution in [0.5, 0.6) is 11.5 Å². The summed E-state index contributed by atoms with van der Waals surface area (Å²) < 4.78 is 6.69. The molecule has 2 aromatic rings. The lowest BCUT2D eigenvalue weighted by Crippen LogP contribution is -2.13. The van der Waals surface area contributed by atoms with Gasteiger partial charge in [-0.15, -0.1) is 0 Å². The highest BCUT2D eigenvalue weighted by Crippen LogP contribution is 2.28. The summed E-state index contributed by atoms with van der Waals surface area (Å²) >= 11 is 3.42. The lowest BCUT2D eigenvalue weighted by atomic mass is 10.1. The van der Waals surface area contributed by atoms with Gasteiger partial charge < -0.3 is 16.2 Å². The lowest BCUT2D eigenvalue weighted by molar-refractivity contribution is 0.100. The van der Waals surface area contributed by atoms with Gasteiger partial charge in [0.15, 0.2) is 0 Å². The number of benzene rings is 2. The Balaban J connectivity index is 2.30. The zero-order valence-electron chi connectivity index (χ0n) is 10.3. The summed E-state index contributed by atoms with van der Waals surface area (Å²) in [4.78, 5) is 11.2. The molecule has 19 heavy (non-hydrogen) atoms. The summed E-state index contributed by atoms with van der Waals surface area (Å²) in [6.07, 6.45) is 0. The van der Waals surface area contributed by atoms with Gasteiger partial charge in [-0.25, -0.2) is 0 Å². The van der Waals surface area contributed by atoms with E-state index >= 15 is 0 Å². The van der Waals surface area contributed by atoms with Gasteiger partial charge in [0.05, 0.1) is 5.56 Å². The maximum atomic E-state index is 11.2. The molecule has 2 rings (SSSR count). The van der Waals surface area contributed by atoms with E-state index in [9.17, 15) is 4.79 Å². The molecule has 0 saturated carbocycles. The molecule has 0 aromatic heterocycles. The van der Waals surface area contributed by atoms with Gasteiger partial charge in [-0.2, -0.15) is 0 Å². The average Bonchev–Trinajstić information content (AvgIpc) is 2.36. The van der Waals surface area contributed by atoms with Crippen LogP contribution < -0.4 is 16.2 Å². The van der Waals surface area contributed by atoms with Crippen LogP contribution in [0.2, 0.25) is 0 Å². The molecule has 0 bridgehead atoms. The Bertz CT molecular complexity index is 641. The smallest absolute Gasteiger partial charge is 0.250 e. The zero-order valence-corrected chi connectivity index (χ0v) is 11.9. The van der Waals surface area contributed by atoms with Gasteiger partial charge in [0.25, 0.3) is 5.91 Å². The van der Waals surface area contributed by atoms with Crippen molar-refractivity contribution in [3.63, 3.8) is 0 Å². The predicted molar refractivity (Wildman–Crippen MR) is 78.3 cm³/mol. The molecule has 0 atom stereocenters. The molecule has 0 saturated heterocycles. The Labute approximate surface area is 119 Å². The van der Waals surface area contributed by atoms with E-state index in [-0.39, 0.29) is 5.56 Å². The van der Waals surface area contributed by atoms with E-state index in [4.69, 9.17) is 16.2 Å². The fourth-order valence-electron chi connectivity index (χ4n) is 1.63. The number of nitrogen functional groups attached to an aromatic ring is 1.